The molecule has 0 radical (unpaired) electrons. The molecule has 92 valence electrons. The summed E-state index contributed by atoms with van der Waals surface area (Å²) in [5, 5.41) is 0. The molecule has 6 nitrogen and oxygen atoms in total. The third-order valence-electron chi connectivity index (χ3n) is 3.36. The second-order valence-corrected chi connectivity index (χ2v) is 4.89. The van der Waals surface area contributed by atoms with E-state index in [4.69, 9.17) is 0 Å². The highest BCUT2D eigenvalue weighted by Gasteiger charge is 2.21. The van der Waals surface area contributed by atoms with Crippen LogP contribution in [-0.4, -0.2) is 14.5 Å². The van der Waals surface area contributed by atoms with Crippen LogP contribution in [-0.2, 0) is 6.54 Å². The van der Waals surface area contributed by atoms with E-state index in [1.165, 1.54) is 12.8 Å². The Morgan fingerprint density at radius 2 is 2.06 bits per heavy atom. The molecule has 1 aliphatic heterocycles. The SMILES string of the molecule is c1nc(-c2cn(CC3CC3)cn2)cc2c1NNN2. The number of rotatable bonds is 3. The number of hydrazine groups is 2. The third-order valence-corrected chi connectivity index (χ3v) is 3.36. The van der Waals surface area contributed by atoms with Crippen LogP contribution in [0.5, 0.6) is 0 Å². The van der Waals surface area contributed by atoms with Crippen molar-refractivity contribution in [1.29, 1.82) is 0 Å². The molecule has 3 heterocycles. The normalized spacial score (nSPS) is 17.1. The summed E-state index contributed by atoms with van der Waals surface area (Å²) in [6.07, 6.45) is 8.48. The second-order valence-electron chi connectivity index (χ2n) is 4.89. The maximum absolute atomic E-state index is 4.42. The van der Waals surface area contributed by atoms with Gasteiger partial charge in [-0.05, 0) is 24.8 Å². The maximum atomic E-state index is 4.42. The largest absolute Gasteiger partial charge is 0.336 e. The number of hydrogen-bond donors (Lipinski definition) is 3. The summed E-state index contributed by atoms with van der Waals surface area (Å²) >= 11 is 0. The number of nitrogens with one attached hydrogen (secondary N) is 3. The molecule has 0 aromatic carbocycles. The first kappa shape index (κ1) is 9.90. The highest BCUT2D eigenvalue weighted by molar-refractivity contribution is 5.75. The quantitative estimate of drug-likeness (QED) is 0.763. The van der Waals surface area contributed by atoms with Crippen LogP contribution in [0.3, 0.4) is 0 Å². The van der Waals surface area contributed by atoms with Gasteiger partial charge in [0.2, 0.25) is 0 Å². The lowest BCUT2D eigenvalue weighted by atomic mass is 10.2. The fraction of sp³-hybridized carbons (Fsp3) is 0.333. The summed E-state index contributed by atoms with van der Waals surface area (Å²) in [4.78, 5) is 8.84. The van der Waals surface area contributed by atoms with Crippen molar-refractivity contribution in [3.63, 3.8) is 0 Å². The summed E-state index contributed by atoms with van der Waals surface area (Å²) < 4.78 is 2.16. The van der Waals surface area contributed by atoms with E-state index in [-0.39, 0.29) is 0 Å². The van der Waals surface area contributed by atoms with Crippen LogP contribution in [0.4, 0.5) is 11.4 Å². The fourth-order valence-electron chi connectivity index (χ4n) is 2.16. The first-order valence-electron chi connectivity index (χ1n) is 6.18. The Kier molecular flexibility index (Phi) is 2.04. The molecule has 1 aliphatic carbocycles. The molecule has 4 rings (SSSR count). The Hall–Kier alpha value is -2.08. The average molecular weight is 242 g/mol. The van der Waals surface area contributed by atoms with Gasteiger partial charge in [-0.1, -0.05) is 0 Å². The highest BCUT2D eigenvalue weighted by atomic mass is 15.6. The molecule has 0 unspecified atom stereocenters. The van der Waals surface area contributed by atoms with E-state index in [0.29, 0.717) is 0 Å². The van der Waals surface area contributed by atoms with Gasteiger partial charge < -0.3 is 15.4 Å². The van der Waals surface area contributed by atoms with Gasteiger partial charge in [-0.3, -0.25) is 4.98 Å². The van der Waals surface area contributed by atoms with Crippen molar-refractivity contribution in [1.82, 2.24) is 20.1 Å². The lowest BCUT2D eigenvalue weighted by Gasteiger charge is -2.00. The van der Waals surface area contributed by atoms with Crippen LogP contribution < -0.4 is 16.4 Å². The van der Waals surface area contributed by atoms with Crippen LogP contribution in [0.15, 0.2) is 24.8 Å². The van der Waals surface area contributed by atoms with E-state index in [1.807, 2.05) is 12.4 Å². The van der Waals surface area contributed by atoms with Crippen molar-refractivity contribution in [2.75, 3.05) is 10.9 Å². The molecule has 2 aromatic rings. The fourth-order valence-corrected chi connectivity index (χ4v) is 2.16. The molecule has 0 bridgehead atoms. The predicted molar refractivity (Wildman–Crippen MR) is 68.6 cm³/mol. The number of nitrogens with zero attached hydrogens (tertiary/aromatic N) is 3. The van der Waals surface area contributed by atoms with Crippen molar-refractivity contribution in [2.24, 2.45) is 5.92 Å². The van der Waals surface area contributed by atoms with Crippen LogP contribution in [0, 0.1) is 5.92 Å². The van der Waals surface area contributed by atoms with E-state index in [2.05, 4.69) is 37.1 Å². The standard InChI is InChI=1S/C12H14N6/c1-2-8(1)5-18-6-12(14-7-18)9-3-10-11(4-13-9)16-17-15-10/h3-4,6-8,15-17H,1-2,5H2. The minimum absolute atomic E-state index is 0.857. The molecule has 18 heavy (non-hydrogen) atoms. The van der Waals surface area contributed by atoms with Gasteiger partial charge in [0.15, 0.2) is 0 Å². The Balaban J connectivity index is 1.63. The molecule has 1 saturated carbocycles. The Morgan fingerprint density at radius 1 is 1.17 bits per heavy atom. The third kappa shape index (κ3) is 1.70. The second kappa shape index (κ2) is 3.71. The zero-order chi connectivity index (χ0) is 11.9. The molecule has 0 atom stereocenters. The molecule has 0 saturated heterocycles. The van der Waals surface area contributed by atoms with Crippen LogP contribution in [0.25, 0.3) is 11.4 Å². The number of anilines is 2. The summed E-state index contributed by atoms with van der Waals surface area (Å²) in [5.74, 6) is 0.857. The topological polar surface area (TPSA) is 66.8 Å². The summed E-state index contributed by atoms with van der Waals surface area (Å²) in [7, 11) is 0. The number of fused-ring (bicyclic) bond motifs is 1. The van der Waals surface area contributed by atoms with Gasteiger partial charge in [0.05, 0.1) is 29.6 Å². The smallest absolute Gasteiger partial charge is 0.107 e. The van der Waals surface area contributed by atoms with Crippen molar-refractivity contribution in [3.8, 4) is 11.4 Å². The predicted octanol–water partition coefficient (Wildman–Crippen LogP) is 1.61. The monoisotopic (exact) mass is 242 g/mol. The van der Waals surface area contributed by atoms with Crippen molar-refractivity contribution >= 4 is 11.4 Å². The minimum atomic E-state index is 0.857. The van der Waals surface area contributed by atoms with Gasteiger partial charge >= 0.3 is 0 Å². The molecule has 2 aliphatic rings. The van der Waals surface area contributed by atoms with E-state index < -0.39 is 0 Å². The summed E-state index contributed by atoms with van der Waals surface area (Å²) in [5.41, 5.74) is 12.6. The molecular weight excluding hydrogens is 228 g/mol. The molecule has 1 fully saturated rings. The summed E-state index contributed by atoms with van der Waals surface area (Å²) in [6.45, 7) is 1.08. The average Bonchev–Trinajstić information content (AvgIpc) is 2.91. The summed E-state index contributed by atoms with van der Waals surface area (Å²) in [6, 6.07) is 1.99. The van der Waals surface area contributed by atoms with Crippen molar-refractivity contribution < 1.29 is 0 Å². The Bertz CT molecular complexity index is 586. The molecule has 0 spiro atoms. The molecular formula is C12H14N6. The van der Waals surface area contributed by atoms with Gasteiger partial charge in [0, 0.05) is 12.7 Å². The zero-order valence-electron chi connectivity index (χ0n) is 9.85. The van der Waals surface area contributed by atoms with Crippen molar-refractivity contribution in [2.45, 2.75) is 19.4 Å². The van der Waals surface area contributed by atoms with Gasteiger partial charge in [0.25, 0.3) is 0 Å². The maximum Gasteiger partial charge on any atom is 0.107 e. The molecule has 0 amide bonds. The van der Waals surface area contributed by atoms with Crippen LogP contribution >= 0.6 is 0 Å². The minimum Gasteiger partial charge on any atom is -0.336 e. The first-order chi connectivity index (χ1) is 8.88. The van der Waals surface area contributed by atoms with E-state index in [1.54, 1.807) is 6.20 Å². The highest BCUT2D eigenvalue weighted by Crippen LogP contribution is 2.31. The van der Waals surface area contributed by atoms with Gasteiger partial charge in [0.1, 0.15) is 5.69 Å². The van der Waals surface area contributed by atoms with Crippen LogP contribution in [0.1, 0.15) is 12.8 Å². The zero-order valence-corrected chi connectivity index (χ0v) is 9.85. The van der Waals surface area contributed by atoms with Crippen LogP contribution in [0.2, 0.25) is 0 Å². The Labute approximate surface area is 104 Å². The number of hydrogen-bond acceptors (Lipinski definition) is 5. The number of aromatic nitrogens is 3. The molecule has 6 heteroatoms. The van der Waals surface area contributed by atoms with Gasteiger partial charge in [-0.25, -0.2) is 4.98 Å². The first-order valence-corrected chi connectivity index (χ1v) is 6.18. The van der Waals surface area contributed by atoms with Gasteiger partial charge in [-0.15, -0.1) is 5.53 Å². The van der Waals surface area contributed by atoms with E-state index >= 15 is 0 Å². The van der Waals surface area contributed by atoms with E-state index in [0.717, 1.165) is 35.2 Å². The lowest BCUT2D eigenvalue weighted by Crippen LogP contribution is -2.19. The van der Waals surface area contributed by atoms with Crippen molar-refractivity contribution in [3.05, 3.63) is 24.8 Å². The Morgan fingerprint density at radius 3 is 2.94 bits per heavy atom. The van der Waals surface area contributed by atoms with E-state index in [9.17, 15) is 0 Å². The number of pyridine rings is 1. The number of imidazole rings is 1. The van der Waals surface area contributed by atoms with Gasteiger partial charge in [-0.2, -0.15) is 0 Å². The molecule has 3 N–H and O–H groups in total. The lowest BCUT2D eigenvalue weighted by molar-refractivity contribution is 0.626. The molecule has 2 aromatic heterocycles.